The van der Waals surface area contributed by atoms with Crippen LogP contribution in [0, 0.1) is 11.8 Å². The van der Waals surface area contributed by atoms with Crippen LogP contribution in [0.25, 0.3) is 0 Å². The quantitative estimate of drug-likeness (QED) is 0.839. The Balaban J connectivity index is 1.38. The number of nitrogens with zero attached hydrogens (tertiary/aromatic N) is 2. The lowest BCUT2D eigenvalue weighted by Gasteiger charge is -2.36. The summed E-state index contributed by atoms with van der Waals surface area (Å²) in [7, 11) is 0. The number of piperidine rings is 1. The minimum atomic E-state index is 0.832. The molecule has 0 radical (unpaired) electrons. The van der Waals surface area contributed by atoms with E-state index in [1.54, 1.807) is 0 Å². The van der Waals surface area contributed by atoms with E-state index in [9.17, 15) is 0 Å². The third-order valence-corrected chi connectivity index (χ3v) is 5.57. The van der Waals surface area contributed by atoms with Gasteiger partial charge in [0.25, 0.3) is 0 Å². The standard InChI is InChI=1S/C22H28N2/c1-3-7-19(8-4-1)14-23-12-11-21-13-22(17-23)18-24(16-21)15-20-9-5-2-6-10-20/h1-10,21-22H,11-18H2. The summed E-state index contributed by atoms with van der Waals surface area (Å²) in [5.74, 6) is 1.71. The van der Waals surface area contributed by atoms with Crippen molar-refractivity contribution >= 4 is 0 Å². The van der Waals surface area contributed by atoms with Crippen molar-refractivity contribution in [3.05, 3.63) is 71.8 Å². The summed E-state index contributed by atoms with van der Waals surface area (Å²) in [6.45, 7) is 7.29. The topological polar surface area (TPSA) is 6.48 Å². The first-order valence-corrected chi connectivity index (χ1v) is 9.38. The Kier molecular flexibility index (Phi) is 4.96. The zero-order valence-electron chi connectivity index (χ0n) is 14.5. The van der Waals surface area contributed by atoms with Crippen molar-refractivity contribution in [2.45, 2.75) is 25.9 Å². The molecular formula is C22H28N2. The van der Waals surface area contributed by atoms with E-state index in [4.69, 9.17) is 0 Å². The van der Waals surface area contributed by atoms with E-state index in [-0.39, 0.29) is 0 Å². The first-order valence-electron chi connectivity index (χ1n) is 9.38. The largest absolute Gasteiger partial charge is 0.299 e. The Morgan fingerprint density at radius 2 is 1.21 bits per heavy atom. The smallest absolute Gasteiger partial charge is 0.0233 e. The normalized spacial score (nSPS) is 25.3. The summed E-state index contributed by atoms with van der Waals surface area (Å²) in [5.41, 5.74) is 2.91. The summed E-state index contributed by atoms with van der Waals surface area (Å²) in [4.78, 5) is 5.38. The van der Waals surface area contributed by atoms with Crippen LogP contribution < -0.4 is 0 Å². The Bertz CT molecular complexity index is 585. The molecule has 126 valence electrons. The van der Waals surface area contributed by atoms with Gasteiger partial charge in [0.05, 0.1) is 0 Å². The summed E-state index contributed by atoms with van der Waals surface area (Å²) in [5, 5.41) is 0. The van der Waals surface area contributed by atoms with Crippen molar-refractivity contribution < 1.29 is 0 Å². The van der Waals surface area contributed by atoms with E-state index in [0.29, 0.717) is 0 Å². The highest BCUT2D eigenvalue weighted by atomic mass is 15.2. The molecule has 0 amide bonds. The first kappa shape index (κ1) is 15.9. The Morgan fingerprint density at radius 3 is 1.88 bits per heavy atom. The van der Waals surface area contributed by atoms with Crippen LogP contribution >= 0.6 is 0 Å². The number of benzene rings is 2. The monoisotopic (exact) mass is 320 g/mol. The molecule has 2 aliphatic heterocycles. The molecule has 2 aliphatic rings. The van der Waals surface area contributed by atoms with Crippen LogP contribution in [0.4, 0.5) is 0 Å². The molecule has 2 bridgehead atoms. The molecule has 2 aromatic rings. The zero-order valence-corrected chi connectivity index (χ0v) is 14.5. The maximum Gasteiger partial charge on any atom is 0.0233 e. The molecule has 0 aromatic heterocycles. The molecule has 0 aliphatic carbocycles. The van der Waals surface area contributed by atoms with E-state index in [2.05, 4.69) is 70.5 Å². The van der Waals surface area contributed by atoms with Crippen LogP contribution in [0.5, 0.6) is 0 Å². The van der Waals surface area contributed by atoms with Gasteiger partial charge in [-0.1, -0.05) is 60.7 Å². The minimum absolute atomic E-state index is 0.832. The van der Waals surface area contributed by atoms with Gasteiger partial charge >= 0.3 is 0 Å². The average molecular weight is 320 g/mol. The lowest BCUT2D eigenvalue weighted by molar-refractivity contribution is 0.118. The van der Waals surface area contributed by atoms with Gasteiger partial charge in [0.1, 0.15) is 0 Å². The van der Waals surface area contributed by atoms with Gasteiger partial charge in [-0.05, 0) is 42.3 Å². The fourth-order valence-corrected chi connectivity index (χ4v) is 4.54. The fourth-order valence-electron chi connectivity index (χ4n) is 4.54. The van der Waals surface area contributed by atoms with Gasteiger partial charge in [-0.2, -0.15) is 0 Å². The average Bonchev–Trinajstić information content (AvgIpc) is 2.75. The number of hydrogen-bond donors (Lipinski definition) is 0. The van der Waals surface area contributed by atoms with Gasteiger partial charge in [-0.25, -0.2) is 0 Å². The molecule has 0 N–H and O–H groups in total. The van der Waals surface area contributed by atoms with Crippen LogP contribution in [0.15, 0.2) is 60.7 Å². The van der Waals surface area contributed by atoms with Gasteiger partial charge in [-0.3, -0.25) is 9.80 Å². The molecule has 24 heavy (non-hydrogen) atoms. The molecule has 2 heteroatoms. The highest BCUT2D eigenvalue weighted by molar-refractivity contribution is 5.15. The summed E-state index contributed by atoms with van der Waals surface area (Å²) in [6, 6.07) is 21.9. The van der Waals surface area contributed by atoms with E-state index in [1.165, 1.54) is 50.1 Å². The Morgan fingerprint density at radius 1 is 0.667 bits per heavy atom. The van der Waals surface area contributed by atoms with Crippen LogP contribution in [0.2, 0.25) is 0 Å². The molecule has 4 rings (SSSR count). The van der Waals surface area contributed by atoms with Crippen molar-refractivity contribution in [2.75, 3.05) is 26.2 Å². The zero-order chi connectivity index (χ0) is 16.2. The molecular weight excluding hydrogens is 292 g/mol. The molecule has 2 fully saturated rings. The van der Waals surface area contributed by atoms with Crippen LogP contribution in [-0.2, 0) is 13.1 Å². The summed E-state index contributed by atoms with van der Waals surface area (Å²) in [6.07, 6.45) is 2.78. The van der Waals surface area contributed by atoms with Gasteiger partial charge in [0.15, 0.2) is 0 Å². The predicted molar refractivity (Wildman–Crippen MR) is 99.7 cm³/mol. The van der Waals surface area contributed by atoms with Gasteiger partial charge in [0.2, 0.25) is 0 Å². The molecule has 0 saturated carbocycles. The highest BCUT2D eigenvalue weighted by Gasteiger charge is 2.31. The van der Waals surface area contributed by atoms with Crippen molar-refractivity contribution in [3.63, 3.8) is 0 Å². The lowest BCUT2D eigenvalue weighted by atomic mass is 9.88. The summed E-state index contributed by atoms with van der Waals surface area (Å²) < 4.78 is 0. The second-order valence-electron chi connectivity index (χ2n) is 7.66. The maximum atomic E-state index is 2.69. The second kappa shape index (κ2) is 7.50. The Labute approximate surface area is 146 Å². The molecule has 2 atom stereocenters. The van der Waals surface area contributed by atoms with Crippen molar-refractivity contribution in [2.24, 2.45) is 11.8 Å². The van der Waals surface area contributed by atoms with Crippen LogP contribution in [0.1, 0.15) is 24.0 Å². The van der Waals surface area contributed by atoms with E-state index in [1.807, 2.05) is 0 Å². The van der Waals surface area contributed by atoms with Crippen molar-refractivity contribution in [3.8, 4) is 0 Å². The molecule has 2 unspecified atom stereocenters. The third kappa shape index (κ3) is 4.06. The number of hydrogen-bond acceptors (Lipinski definition) is 2. The number of fused-ring (bicyclic) bond motifs is 2. The number of rotatable bonds is 4. The summed E-state index contributed by atoms with van der Waals surface area (Å²) >= 11 is 0. The molecule has 0 spiro atoms. The van der Waals surface area contributed by atoms with E-state index in [0.717, 1.165) is 24.9 Å². The maximum absolute atomic E-state index is 2.69. The van der Waals surface area contributed by atoms with Gasteiger partial charge in [0, 0.05) is 32.7 Å². The van der Waals surface area contributed by atoms with Gasteiger partial charge < -0.3 is 0 Å². The third-order valence-electron chi connectivity index (χ3n) is 5.57. The van der Waals surface area contributed by atoms with Gasteiger partial charge in [-0.15, -0.1) is 0 Å². The second-order valence-corrected chi connectivity index (χ2v) is 7.66. The van der Waals surface area contributed by atoms with E-state index < -0.39 is 0 Å². The minimum Gasteiger partial charge on any atom is -0.299 e. The first-order chi connectivity index (χ1) is 11.8. The van der Waals surface area contributed by atoms with E-state index >= 15 is 0 Å². The molecule has 2 aromatic carbocycles. The predicted octanol–water partition coefficient (Wildman–Crippen LogP) is 4.03. The molecule has 2 saturated heterocycles. The van der Waals surface area contributed by atoms with Crippen molar-refractivity contribution in [1.82, 2.24) is 9.80 Å². The molecule has 2 heterocycles. The SMILES string of the molecule is c1ccc(CN2CCC3CC(C2)CN(Cc2ccccc2)C3)cc1. The highest BCUT2D eigenvalue weighted by Crippen LogP contribution is 2.30. The number of likely N-dealkylation sites (tertiary alicyclic amines) is 2. The Hall–Kier alpha value is -1.64. The van der Waals surface area contributed by atoms with Crippen LogP contribution in [-0.4, -0.2) is 36.0 Å². The fraction of sp³-hybridized carbons (Fsp3) is 0.455. The van der Waals surface area contributed by atoms with Crippen LogP contribution in [0.3, 0.4) is 0 Å². The lowest BCUT2D eigenvalue weighted by Crippen LogP contribution is -2.41. The molecule has 2 nitrogen and oxygen atoms in total. The van der Waals surface area contributed by atoms with Crippen molar-refractivity contribution in [1.29, 1.82) is 0 Å².